The summed E-state index contributed by atoms with van der Waals surface area (Å²) in [5.41, 5.74) is -0.953. The number of carbonyl (C=O) groups is 2. The molecule has 0 spiro atoms. The number of rotatable bonds is 6. The molecule has 0 unspecified atom stereocenters. The molecule has 17 heavy (non-hydrogen) atoms. The Balaban J connectivity index is 2.33. The molecule has 0 aromatic carbocycles. The fraction of sp³-hybridized carbons (Fsp3) is 0.833. The number of hydrogen-bond donors (Lipinski definition) is 3. The van der Waals surface area contributed by atoms with Gasteiger partial charge in [-0.3, -0.25) is 4.79 Å². The van der Waals surface area contributed by atoms with E-state index in [0.29, 0.717) is 12.8 Å². The van der Waals surface area contributed by atoms with Crippen LogP contribution in [0.4, 0.5) is 4.79 Å². The van der Waals surface area contributed by atoms with Gasteiger partial charge in [0.25, 0.3) is 0 Å². The summed E-state index contributed by atoms with van der Waals surface area (Å²) in [6.45, 7) is 6.20. The van der Waals surface area contributed by atoms with E-state index in [1.165, 1.54) is 0 Å². The van der Waals surface area contributed by atoms with E-state index in [1.54, 1.807) is 0 Å². The number of amides is 2. The Morgan fingerprint density at radius 1 is 1.35 bits per heavy atom. The summed E-state index contributed by atoms with van der Waals surface area (Å²) in [6, 6.07) is -0.282. The highest BCUT2D eigenvalue weighted by molar-refractivity contribution is 5.80. The van der Waals surface area contributed by atoms with E-state index in [0.717, 1.165) is 12.8 Å². The molecule has 0 heterocycles. The standard InChI is InChI=1S/C12H22N2O3/c1-4-5-11(2,3)14-10(17)13-8-12(6-7-12)9(15)16/h4-8H2,1-3H3,(H,15,16)(H2,13,14,17). The number of aliphatic carboxylic acids is 1. The maximum atomic E-state index is 11.6. The Kier molecular flexibility index (Phi) is 4.01. The Morgan fingerprint density at radius 2 is 1.94 bits per heavy atom. The molecule has 2 amide bonds. The summed E-state index contributed by atoms with van der Waals surface area (Å²) >= 11 is 0. The lowest BCUT2D eigenvalue weighted by molar-refractivity contribution is -0.143. The number of nitrogens with one attached hydrogen (secondary N) is 2. The molecule has 1 saturated carbocycles. The molecule has 5 nitrogen and oxygen atoms in total. The zero-order chi connectivity index (χ0) is 13.1. The van der Waals surface area contributed by atoms with E-state index >= 15 is 0 Å². The van der Waals surface area contributed by atoms with Crippen LogP contribution in [0.25, 0.3) is 0 Å². The predicted molar refractivity (Wildman–Crippen MR) is 64.8 cm³/mol. The van der Waals surface area contributed by atoms with Crippen LogP contribution in [-0.2, 0) is 4.79 Å². The van der Waals surface area contributed by atoms with E-state index < -0.39 is 11.4 Å². The van der Waals surface area contributed by atoms with Gasteiger partial charge in [-0.15, -0.1) is 0 Å². The van der Waals surface area contributed by atoms with E-state index in [1.807, 2.05) is 13.8 Å². The number of hydrogen-bond acceptors (Lipinski definition) is 2. The van der Waals surface area contributed by atoms with Gasteiger partial charge in [-0.2, -0.15) is 0 Å². The van der Waals surface area contributed by atoms with Crippen molar-refractivity contribution < 1.29 is 14.7 Å². The average Bonchev–Trinajstić information content (AvgIpc) is 2.94. The molecule has 5 heteroatoms. The minimum Gasteiger partial charge on any atom is -0.481 e. The lowest BCUT2D eigenvalue weighted by Crippen LogP contribution is -2.49. The Bertz CT molecular complexity index is 309. The second kappa shape index (κ2) is 4.94. The third kappa shape index (κ3) is 3.91. The number of carboxylic acids is 1. The van der Waals surface area contributed by atoms with Gasteiger partial charge in [0.1, 0.15) is 0 Å². The van der Waals surface area contributed by atoms with Crippen molar-refractivity contribution in [1.82, 2.24) is 10.6 Å². The average molecular weight is 242 g/mol. The van der Waals surface area contributed by atoms with Crippen LogP contribution in [0.1, 0.15) is 46.5 Å². The first-order valence-electron chi connectivity index (χ1n) is 6.11. The van der Waals surface area contributed by atoms with Crippen molar-refractivity contribution in [2.75, 3.05) is 6.54 Å². The van der Waals surface area contributed by atoms with Crippen molar-refractivity contribution in [2.24, 2.45) is 5.41 Å². The Labute approximate surface area is 102 Å². The lowest BCUT2D eigenvalue weighted by Gasteiger charge is -2.26. The van der Waals surface area contributed by atoms with Gasteiger partial charge in [0, 0.05) is 12.1 Å². The molecule has 1 rings (SSSR count). The summed E-state index contributed by atoms with van der Waals surface area (Å²) in [6.07, 6.45) is 3.19. The molecule has 0 aliphatic heterocycles. The van der Waals surface area contributed by atoms with Crippen LogP contribution < -0.4 is 10.6 Å². The third-order valence-electron chi connectivity index (χ3n) is 3.22. The highest BCUT2D eigenvalue weighted by Gasteiger charge is 2.50. The highest BCUT2D eigenvalue weighted by Crippen LogP contribution is 2.45. The molecule has 0 aromatic heterocycles. The summed E-state index contributed by atoms with van der Waals surface area (Å²) in [5.74, 6) is -0.814. The van der Waals surface area contributed by atoms with Crippen molar-refractivity contribution in [3.05, 3.63) is 0 Å². The maximum absolute atomic E-state index is 11.6. The Morgan fingerprint density at radius 3 is 2.35 bits per heavy atom. The molecule has 1 aliphatic rings. The van der Waals surface area contributed by atoms with Crippen LogP contribution in [0.2, 0.25) is 0 Å². The molecular formula is C12H22N2O3. The Hall–Kier alpha value is -1.26. The van der Waals surface area contributed by atoms with Gasteiger partial charge < -0.3 is 15.7 Å². The van der Waals surface area contributed by atoms with Crippen molar-refractivity contribution >= 4 is 12.0 Å². The van der Waals surface area contributed by atoms with Gasteiger partial charge in [0.05, 0.1) is 5.41 Å². The lowest BCUT2D eigenvalue weighted by atomic mass is 9.99. The normalized spacial score (nSPS) is 17.4. The predicted octanol–water partition coefficient (Wildman–Crippen LogP) is 1.73. The van der Waals surface area contributed by atoms with Gasteiger partial charge in [-0.25, -0.2) is 4.79 Å². The topological polar surface area (TPSA) is 78.4 Å². The van der Waals surface area contributed by atoms with Crippen LogP contribution in [-0.4, -0.2) is 29.2 Å². The van der Waals surface area contributed by atoms with Gasteiger partial charge in [0.2, 0.25) is 0 Å². The third-order valence-corrected chi connectivity index (χ3v) is 3.22. The van der Waals surface area contributed by atoms with Crippen LogP contribution in [0.15, 0.2) is 0 Å². The summed E-state index contributed by atoms with van der Waals surface area (Å²) in [5, 5.41) is 14.5. The molecule has 0 saturated heterocycles. The number of carbonyl (C=O) groups excluding carboxylic acids is 1. The largest absolute Gasteiger partial charge is 0.481 e. The van der Waals surface area contributed by atoms with Crippen LogP contribution in [0, 0.1) is 5.41 Å². The molecule has 0 atom stereocenters. The van der Waals surface area contributed by atoms with Crippen LogP contribution in [0.5, 0.6) is 0 Å². The minimum atomic E-state index is -0.814. The van der Waals surface area contributed by atoms with Gasteiger partial charge in [-0.05, 0) is 33.1 Å². The summed E-state index contributed by atoms with van der Waals surface area (Å²) in [7, 11) is 0. The molecule has 0 radical (unpaired) electrons. The van der Waals surface area contributed by atoms with Gasteiger partial charge >= 0.3 is 12.0 Å². The van der Waals surface area contributed by atoms with E-state index in [9.17, 15) is 9.59 Å². The van der Waals surface area contributed by atoms with Crippen molar-refractivity contribution in [1.29, 1.82) is 0 Å². The van der Waals surface area contributed by atoms with Crippen LogP contribution in [0.3, 0.4) is 0 Å². The number of urea groups is 1. The molecular weight excluding hydrogens is 220 g/mol. The highest BCUT2D eigenvalue weighted by atomic mass is 16.4. The van der Waals surface area contributed by atoms with Crippen molar-refractivity contribution in [3.63, 3.8) is 0 Å². The van der Waals surface area contributed by atoms with Crippen molar-refractivity contribution in [2.45, 2.75) is 52.0 Å². The van der Waals surface area contributed by atoms with Crippen molar-refractivity contribution in [3.8, 4) is 0 Å². The van der Waals surface area contributed by atoms with E-state index in [-0.39, 0.29) is 18.1 Å². The fourth-order valence-corrected chi connectivity index (χ4v) is 1.91. The molecule has 0 bridgehead atoms. The zero-order valence-electron chi connectivity index (χ0n) is 10.8. The summed E-state index contributed by atoms with van der Waals surface area (Å²) in [4.78, 5) is 22.5. The molecule has 1 aliphatic carbocycles. The first-order valence-corrected chi connectivity index (χ1v) is 6.11. The SMILES string of the molecule is CCCC(C)(C)NC(=O)NCC1(C(=O)O)CC1. The fourth-order valence-electron chi connectivity index (χ4n) is 1.91. The monoisotopic (exact) mass is 242 g/mol. The first-order chi connectivity index (χ1) is 7.81. The molecule has 1 fully saturated rings. The maximum Gasteiger partial charge on any atom is 0.315 e. The first kappa shape index (κ1) is 13.8. The second-order valence-electron chi connectivity index (χ2n) is 5.53. The molecule has 3 N–H and O–H groups in total. The van der Waals surface area contributed by atoms with Gasteiger partial charge in [0.15, 0.2) is 0 Å². The summed E-state index contributed by atoms with van der Waals surface area (Å²) < 4.78 is 0. The zero-order valence-corrected chi connectivity index (χ0v) is 10.8. The van der Waals surface area contributed by atoms with Crippen LogP contribution >= 0.6 is 0 Å². The second-order valence-corrected chi connectivity index (χ2v) is 5.53. The van der Waals surface area contributed by atoms with Gasteiger partial charge in [-0.1, -0.05) is 13.3 Å². The van der Waals surface area contributed by atoms with E-state index in [4.69, 9.17) is 5.11 Å². The quantitative estimate of drug-likeness (QED) is 0.663. The smallest absolute Gasteiger partial charge is 0.315 e. The minimum absolute atomic E-state index is 0.219. The van der Waals surface area contributed by atoms with E-state index in [2.05, 4.69) is 17.6 Å². The molecule has 98 valence electrons. The number of carboxylic acid groups (broad SMARTS) is 1. The molecule has 0 aromatic rings.